The zero-order chi connectivity index (χ0) is 11.9. The normalized spacial score (nSPS) is 32.9. The number of nitrogens with zero attached hydrogens (tertiary/aromatic N) is 1. The first-order valence-corrected chi connectivity index (χ1v) is 6.06. The molecule has 2 saturated heterocycles. The number of hydrogen-bond acceptors (Lipinski definition) is 2. The molecule has 3 unspecified atom stereocenters. The van der Waals surface area contributed by atoms with Crippen LogP contribution in [0.5, 0.6) is 0 Å². The number of amides is 1. The van der Waals surface area contributed by atoms with E-state index in [1.807, 2.05) is 31.7 Å². The molecule has 0 radical (unpaired) electrons. The van der Waals surface area contributed by atoms with E-state index in [0.29, 0.717) is 18.0 Å². The van der Waals surface area contributed by atoms with E-state index in [2.05, 4.69) is 6.58 Å². The van der Waals surface area contributed by atoms with Gasteiger partial charge in [-0.2, -0.15) is 0 Å². The molecule has 2 heterocycles. The van der Waals surface area contributed by atoms with E-state index in [-0.39, 0.29) is 6.09 Å². The molecular weight excluding hydrogens is 202 g/mol. The average Bonchev–Trinajstić information content (AvgIpc) is 2.70. The summed E-state index contributed by atoms with van der Waals surface area (Å²) >= 11 is 0. The highest BCUT2D eigenvalue weighted by Crippen LogP contribution is 2.42. The predicted molar refractivity (Wildman–Crippen MR) is 63.2 cm³/mol. The Balaban J connectivity index is 2.06. The molecule has 16 heavy (non-hydrogen) atoms. The molecule has 3 atom stereocenters. The summed E-state index contributed by atoms with van der Waals surface area (Å²) in [5.74, 6) is 0.464. The van der Waals surface area contributed by atoms with Gasteiger partial charge in [0.15, 0.2) is 0 Å². The molecule has 0 aromatic carbocycles. The van der Waals surface area contributed by atoms with Gasteiger partial charge >= 0.3 is 6.09 Å². The van der Waals surface area contributed by atoms with Gasteiger partial charge in [0.05, 0.1) is 0 Å². The van der Waals surface area contributed by atoms with Crippen molar-refractivity contribution in [3.63, 3.8) is 0 Å². The molecular formula is C13H21NO2. The van der Waals surface area contributed by atoms with E-state index < -0.39 is 5.60 Å². The van der Waals surface area contributed by atoms with Crippen LogP contribution in [0.1, 0.15) is 40.0 Å². The minimum atomic E-state index is -0.400. The predicted octanol–water partition coefficient (Wildman–Crippen LogP) is 2.96. The van der Waals surface area contributed by atoms with Crippen molar-refractivity contribution in [2.75, 3.05) is 0 Å². The van der Waals surface area contributed by atoms with Crippen LogP contribution in [-0.2, 0) is 4.74 Å². The summed E-state index contributed by atoms with van der Waals surface area (Å²) in [7, 11) is 0. The van der Waals surface area contributed by atoms with E-state index >= 15 is 0 Å². The second kappa shape index (κ2) is 3.79. The summed E-state index contributed by atoms with van der Waals surface area (Å²) in [5, 5.41) is 0. The molecule has 2 fully saturated rings. The molecule has 3 nitrogen and oxygen atoms in total. The SMILES string of the molecule is C=CC1CC2CCC1N2C(=O)OC(C)(C)C. The maximum Gasteiger partial charge on any atom is 0.410 e. The Kier molecular flexibility index (Phi) is 2.72. The number of ether oxygens (including phenoxy) is 1. The summed E-state index contributed by atoms with van der Waals surface area (Å²) in [6.07, 6.45) is 5.12. The smallest absolute Gasteiger partial charge is 0.410 e. The molecule has 2 aliphatic heterocycles. The molecule has 0 saturated carbocycles. The van der Waals surface area contributed by atoms with Gasteiger partial charge in [-0.3, -0.25) is 0 Å². The van der Waals surface area contributed by atoms with Gasteiger partial charge in [0, 0.05) is 12.1 Å². The van der Waals surface area contributed by atoms with Crippen molar-refractivity contribution in [2.24, 2.45) is 5.92 Å². The van der Waals surface area contributed by atoms with Crippen molar-refractivity contribution in [1.82, 2.24) is 4.90 Å². The molecule has 0 aromatic rings. The average molecular weight is 223 g/mol. The Morgan fingerprint density at radius 2 is 2.12 bits per heavy atom. The maximum atomic E-state index is 12.1. The van der Waals surface area contributed by atoms with Crippen LogP contribution < -0.4 is 0 Å². The highest BCUT2D eigenvalue weighted by atomic mass is 16.6. The minimum Gasteiger partial charge on any atom is -0.444 e. The molecule has 90 valence electrons. The van der Waals surface area contributed by atoms with Crippen LogP contribution in [0, 0.1) is 5.92 Å². The van der Waals surface area contributed by atoms with Gasteiger partial charge in [-0.15, -0.1) is 6.58 Å². The third-order valence-corrected chi connectivity index (χ3v) is 3.49. The summed E-state index contributed by atoms with van der Waals surface area (Å²) in [5.41, 5.74) is -0.400. The lowest BCUT2D eigenvalue weighted by molar-refractivity contribution is 0.0210. The Hall–Kier alpha value is -0.990. The lowest BCUT2D eigenvalue weighted by Gasteiger charge is -2.27. The molecule has 0 aliphatic carbocycles. The van der Waals surface area contributed by atoms with Crippen molar-refractivity contribution >= 4 is 6.09 Å². The summed E-state index contributed by atoms with van der Waals surface area (Å²) < 4.78 is 5.45. The van der Waals surface area contributed by atoms with Gasteiger partial charge in [-0.05, 0) is 46.0 Å². The Labute approximate surface area is 97.5 Å². The molecule has 0 spiro atoms. The first-order valence-electron chi connectivity index (χ1n) is 6.06. The topological polar surface area (TPSA) is 29.5 Å². The van der Waals surface area contributed by atoms with Crippen LogP contribution >= 0.6 is 0 Å². The van der Waals surface area contributed by atoms with Crippen LogP contribution in [0.15, 0.2) is 12.7 Å². The number of fused-ring (bicyclic) bond motifs is 2. The Morgan fingerprint density at radius 3 is 2.62 bits per heavy atom. The van der Waals surface area contributed by atoms with E-state index in [1.165, 1.54) is 0 Å². The monoisotopic (exact) mass is 223 g/mol. The van der Waals surface area contributed by atoms with E-state index in [0.717, 1.165) is 19.3 Å². The molecule has 0 N–H and O–H groups in total. The number of rotatable bonds is 1. The largest absolute Gasteiger partial charge is 0.444 e. The zero-order valence-corrected chi connectivity index (χ0v) is 10.4. The van der Waals surface area contributed by atoms with Gasteiger partial charge in [-0.1, -0.05) is 6.08 Å². The molecule has 0 aromatic heterocycles. The standard InChI is InChI=1S/C13H21NO2/c1-5-9-8-10-6-7-11(9)14(10)12(15)16-13(2,3)4/h5,9-11H,1,6-8H2,2-4H3. The van der Waals surface area contributed by atoms with Gasteiger partial charge in [0.25, 0.3) is 0 Å². The molecule has 2 aliphatic rings. The Bertz CT molecular complexity index is 306. The first-order chi connectivity index (χ1) is 7.42. The molecule has 2 rings (SSSR count). The Morgan fingerprint density at radius 1 is 1.44 bits per heavy atom. The van der Waals surface area contributed by atoms with E-state index in [4.69, 9.17) is 4.74 Å². The van der Waals surface area contributed by atoms with Gasteiger partial charge in [0.1, 0.15) is 5.60 Å². The zero-order valence-electron chi connectivity index (χ0n) is 10.4. The van der Waals surface area contributed by atoms with Crippen molar-refractivity contribution in [3.8, 4) is 0 Å². The van der Waals surface area contributed by atoms with Crippen molar-refractivity contribution in [3.05, 3.63) is 12.7 Å². The van der Waals surface area contributed by atoms with E-state index in [9.17, 15) is 4.79 Å². The van der Waals surface area contributed by atoms with Gasteiger partial charge in [0.2, 0.25) is 0 Å². The van der Waals surface area contributed by atoms with Crippen LogP contribution in [0.2, 0.25) is 0 Å². The number of carbonyl (C=O) groups is 1. The lowest BCUT2D eigenvalue weighted by atomic mass is 9.89. The van der Waals surface area contributed by atoms with E-state index in [1.54, 1.807) is 0 Å². The van der Waals surface area contributed by atoms with Crippen LogP contribution in [0.3, 0.4) is 0 Å². The molecule has 3 heteroatoms. The second-order valence-corrected chi connectivity index (χ2v) is 5.82. The fourth-order valence-electron chi connectivity index (χ4n) is 2.89. The third kappa shape index (κ3) is 1.95. The quantitative estimate of drug-likeness (QED) is 0.640. The fraction of sp³-hybridized carbons (Fsp3) is 0.769. The van der Waals surface area contributed by atoms with Crippen LogP contribution in [0.4, 0.5) is 4.79 Å². The highest BCUT2D eigenvalue weighted by Gasteiger charge is 2.48. The fourth-order valence-corrected chi connectivity index (χ4v) is 2.89. The summed E-state index contributed by atoms with van der Waals surface area (Å²) in [4.78, 5) is 14.0. The van der Waals surface area contributed by atoms with Crippen molar-refractivity contribution in [2.45, 2.75) is 57.7 Å². The van der Waals surface area contributed by atoms with Crippen molar-refractivity contribution < 1.29 is 9.53 Å². The van der Waals surface area contributed by atoms with Gasteiger partial charge in [-0.25, -0.2) is 4.79 Å². The second-order valence-electron chi connectivity index (χ2n) is 5.82. The summed E-state index contributed by atoms with van der Waals surface area (Å²) in [6.45, 7) is 9.58. The van der Waals surface area contributed by atoms with Gasteiger partial charge < -0.3 is 9.64 Å². The van der Waals surface area contributed by atoms with Crippen molar-refractivity contribution in [1.29, 1.82) is 0 Å². The van der Waals surface area contributed by atoms with Crippen LogP contribution in [-0.4, -0.2) is 28.7 Å². The third-order valence-electron chi connectivity index (χ3n) is 3.49. The number of carbonyl (C=O) groups excluding carboxylic acids is 1. The maximum absolute atomic E-state index is 12.1. The number of hydrogen-bond donors (Lipinski definition) is 0. The highest BCUT2D eigenvalue weighted by molar-refractivity contribution is 5.70. The minimum absolute atomic E-state index is 0.149. The first kappa shape index (κ1) is 11.5. The molecule has 1 amide bonds. The molecule has 2 bridgehead atoms. The summed E-state index contributed by atoms with van der Waals surface area (Å²) in [6, 6.07) is 0.709. The van der Waals surface area contributed by atoms with Crippen LogP contribution in [0.25, 0.3) is 0 Å². The lowest BCUT2D eigenvalue weighted by Crippen LogP contribution is -2.40.